The number of nitrogens with one attached hydrogen (secondary N) is 1. The number of carbonyl (C=O) groups is 1. The molecular formula is C23H20F2N4O. The van der Waals surface area contributed by atoms with E-state index >= 15 is 0 Å². The fourth-order valence-corrected chi connectivity index (χ4v) is 3.38. The summed E-state index contributed by atoms with van der Waals surface area (Å²) in [6, 6.07) is 18.1. The van der Waals surface area contributed by atoms with Gasteiger partial charge in [-0.3, -0.25) is 14.8 Å². The molecule has 7 heteroatoms. The van der Waals surface area contributed by atoms with Crippen LogP contribution in [0.5, 0.6) is 0 Å². The number of hydrogen-bond donors (Lipinski definition) is 1. The SMILES string of the molecule is CN(C)Cc1ccc(N(C(=O)c2n[nH]c3ccccc23)c2cccc(F)c2F)cc1. The zero-order chi connectivity index (χ0) is 21.3. The molecule has 0 atom stereocenters. The van der Waals surface area contributed by atoms with Crippen LogP contribution in [-0.4, -0.2) is 35.1 Å². The van der Waals surface area contributed by atoms with Gasteiger partial charge in [-0.05, 0) is 50.0 Å². The van der Waals surface area contributed by atoms with Crippen LogP contribution in [0.4, 0.5) is 20.2 Å². The van der Waals surface area contributed by atoms with Crippen LogP contribution in [0.15, 0.2) is 66.7 Å². The van der Waals surface area contributed by atoms with Gasteiger partial charge in [0.25, 0.3) is 5.91 Å². The smallest absolute Gasteiger partial charge is 0.284 e. The molecule has 4 rings (SSSR count). The highest BCUT2D eigenvalue weighted by Gasteiger charge is 2.27. The predicted molar refractivity (Wildman–Crippen MR) is 113 cm³/mol. The number of para-hydroxylation sites is 1. The van der Waals surface area contributed by atoms with Gasteiger partial charge in [0.1, 0.15) is 0 Å². The number of aromatic amines is 1. The number of nitrogens with zero attached hydrogens (tertiary/aromatic N) is 3. The van der Waals surface area contributed by atoms with Crippen molar-refractivity contribution in [2.75, 3.05) is 19.0 Å². The van der Waals surface area contributed by atoms with Gasteiger partial charge in [0.05, 0.1) is 11.2 Å². The highest BCUT2D eigenvalue weighted by molar-refractivity contribution is 6.15. The molecule has 0 aliphatic rings. The molecule has 1 amide bonds. The average Bonchev–Trinajstić information content (AvgIpc) is 3.16. The predicted octanol–water partition coefficient (Wildman–Crippen LogP) is 4.88. The minimum atomic E-state index is -1.09. The molecule has 0 aliphatic heterocycles. The van der Waals surface area contributed by atoms with Crippen LogP contribution in [0.2, 0.25) is 0 Å². The standard InChI is InChI=1S/C23H20F2N4O/c1-28(2)14-15-10-12-16(13-11-15)29(20-9-5-7-18(24)21(20)25)23(30)22-17-6-3-4-8-19(17)26-27-22/h3-13H,14H2,1-2H3,(H,26,27). The first-order valence-electron chi connectivity index (χ1n) is 9.41. The Morgan fingerprint density at radius 1 is 0.967 bits per heavy atom. The molecular weight excluding hydrogens is 386 g/mol. The van der Waals surface area contributed by atoms with E-state index < -0.39 is 17.5 Å². The summed E-state index contributed by atoms with van der Waals surface area (Å²) in [5.74, 6) is -2.68. The molecule has 0 radical (unpaired) electrons. The second-order valence-corrected chi connectivity index (χ2v) is 7.24. The fraction of sp³-hybridized carbons (Fsp3) is 0.130. The summed E-state index contributed by atoms with van der Waals surface area (Å²) in [6.07, 6.45) is 0. The molecule has 0 saturated carbocycles. The number of benzene rings is 3. The van der Waals surface area contributed by atoms with E-state index in [0.717, 1.165) is 16.5 Å². The van der Waals surface area contributed by atoms with E-state index in [9.17, 15) is 13.6 Å². The van der Waals surface area contributed by atoms with Gasteiger partial charge in [0, 0.05) is 17.6 Å². The van der Waals surface area contributed by atoms with Crippen molar-refractivity contribution in [3.8, 4) is 0 Å². The van der Waals surface area contributed by atoms with Gasteiger partial charge in [-0.1, -0.05) is 36.4 Å². The highest BCUT2D eigenvalue weighted by atomic mass is 19.2. The van der Waals surface area contributed by atoms with E-state index in [2.05, 4.69) is 10.2 Å². The summed E-state index contributed by atoms with van der Waals surface area (Å²) in [5.41, 5.74) is 2.08. The van der Waals surface area contributed by atoms with Crippen LogP contribution in [0.3, 0.4) is 0 Å². The topological polar surface area (TPSA) is 52.2 Å². The normalized spacial score (nSPS) is 11.2. The fourth-order valence-electron chi connectivity index (χ4n) is 3.38. The lowest BCUT2D eigenvalue weighted by molar-refractivity contribution is 0.0995. The zero-order valence-electron chi connectivity index (χ0n) is 16.6. The van der Waals surface area contributed by atoms with Gasteiger partial charge in [-0.25, -0.2) is 8.78 Å². The van der Waals surface area contributed by atoms with Crippen LogP contribution in [-0.2, 0) is 6.54 Å². The third-order valence-electron chi connectivity index (χ3n) is 4.74. The van der Waals surface area contributed by atoms with E-state index in [0.29, 0.717) is 23.1 Å². The van der Waals surface area contributed by atoms with E-state index in [1.807, 2.05) is 37.2 Å². The Morgan fingerprint density at radius 3 is 2.43 bits per heavy atom. The third-order valence-corrected chi connectivity index (χ3v) is 4.74. The van der Waals surface area contributed by atoms with E-state index in [1.165, 1.54) is 12.1 Å². The maximum atomic E-state index is 14.7. The van der Waals surface area contributed by atoms with E-state index in [1.54, 1.807) is 30.3 Å². The summed E-state index contributed by atoms with van der Waals surface area (Å²) in [5, 5.41) is 7.55. The largest absolute Gasteiger partial charge is 0.305 e. The van der Waals surface area contributed by atoms with Gasteiger partial charge < -0.3 is 4.90 Å². The van der Waals surface area contributed by atoms with Crippen LogP contribution in [0.1, 0.15) is 16.1 Å². The molecule has 1 N–H and O–H groups in total. The van der Waals surface area contributed by atoms with Gasteiger partial charge >= 0.3 is 0 Å². The van der Waals surface area contributed by atoms with Gasteiger partial charge in [-0.15, -0.1) is 0 Å². The molecule has 0 saturated heterocycles. The molecule has 0 unspecified atom stereocenters. The average molecular weight is 406 g/mol. The van der Waals surface area contributed by atoms with Crippen LogP contribution < -0.4 is 4.90 Å². The van der Waals surface area contributed by atoms with Crippen molar-refractivity contribution in [1.29, 1.82) is 0 Å². The number of carbonyl (C=O) groups excluding carboxylic acids is 1. The molecule has 0 spiro atoms. The number of amides is 1. The van der Waals surface area contributed by atoms with Crippen molar-refractivity contribution in [3.05, 3.63) is 89.6 Å². The number of rotatable bonds is 5. The highest BCUT2D eigenvalue weighted by Crippen LogP contribution is 2.32. The molecule has 1 heterocycles. The maximum Gasteiger partial charge on any atom is 0.284 e. The number of H-pyrrole nitrogens is 1. The maximum absolute atomic E-state index is 14.7. The second-order valence-electron chi connectivity index (χ2n) is 7.24. The second kappa shape index (κ2) is 8.04. The Morgan fingerprint density at radius 2 is 1.70 bits per heavy atom. The Labute approximate surface area is 172 Å². The van der Waals surface area contributed by atoms with Crippen LogP contribution in [0.25, 0.3) is 10.9 Å². The lowest BCUT2D eigenvalue weighted by atomic mass is 10.1. The van der Waals surface area contributed by atoms with Crippen molar-refractivity contribution in [2.24, 2.45) is 0 Å². The van der Waals surface area contributed by atoms with Crippen molar-refractivity contribution in [3.63, 3.8) is 0 Å². The molecule has 30 heavy (non-hydrogen) atoms. The molecule has 3 aromatic carbocycles. The summed E-state index contributed by atoms with van der Waals surface area (Å²) < 4.78 is 28.7. The zero-order valence-corrected chi connectivity index (χ0v) is 16.6. The number of anilines is 2. The molecule has 0 fully saturated rings. The third kappa shape index (κ3) is 3.67. The van der Waals surface area contributed by atoms with Crippen molar-refractivity contribution in [2.45, 2.75) is 6.54 Å². The van der Waals surface area contributed by atoms with Gasteiger partial charge in [0.2, 0.25) is 0 Å². The molecule has 4 aromatic rings. The Bertz CT molecular complexity index is 1200. The number of hydrogen-bond acceptors (Lipinski definition) is 3. The first kappa shape index (κ1) is 19.7. The first-order valence-corrected chi connectivity index (χ1v) is 9.41. The quantitative estimate of drug-likeness (QED) is 0.514. The monoisotopic (exact) mass is 406 g/mol. The summed E-state index contributed by atoms with van der Waals surface area (Å²) in [6.45, 7) is 0.715. The molecule has 0 aliphatic carbocycles. The number of halogens is 2. The summed E-state index contributed by atoms with van der Waals surface area (Å²) in [7, 11) is 3.91. The first-order chi connectivity index (χ1) is 14.5. The molecule has 1 aromatic heterocycles. The van der Waals surface area contributed by atoms with Gasteiger partial charge in [-0.2, -0.15) is 5.10 Å². The van der Waals surface area contributed by atoms with Crippen LogP contribution >= 0.6 is 0 Å². The number of fused-ring (bicyclic) bond motifs is 1. The Hall–Kier alpha value is -3.58. The minimum absolute atomic E-state index is 0.131. The summed E-state index contributed by atoms with van der Waals surface area (Å²) in [4.78, 5) is 16.7. The summed E-state index contributed by atoms with van der Waals surface area (Å²) >= 11 is 0. The lowest BCUT2D eigenvalue weighted by Gasteiger charge is -2.23. The number of aromatic nitrogens is 2. The van der Waals surface area contributed by atoms with Crippen LogP contribution in [0, 0.1) is 11.6 Å². The molecule has 5 nitrogen and oxygen atoms in total. The van der Waals surface area contributed by atoms with E-state index in [4.69, 9.17) is 0 Å². The van der Waals surface area contributed by atoms with Crippen molar-refractivity contribution >= 4 is 28.2 Å². The Kier molecular flexibility index (Phi) is 5.29. The van der Waals surface area contributed by atoms with Gasteiger partial charge in [0.15, 0.2) is 17.3 Å². The Balaban J connectivity index is 1.83. The van der Waals surface area contributed by atoms with Crippen molar-refractivity contribution < 1.29 is 13.6 Å². The molecule has 152 valence electrons. The lowest BCUT2D eigenvalue weighted by Crippen LogP contribution is -2.27. The molecule has 0 bridgehead atoms. The van der Waals surface area contributed by atoms with E-state index in [-0.39, 0.29) is 11.4 Å². The minimum Gasteiger partial charge on any atom is -0.305 e. The van der Waals surface area contributed by atoms with Crippen molar-refractivity contribution in [1.82, 2.24) is 15.1 Å².